The average molecular weight is 336 g/mol. The summed E-state index contributed by atoms with van der Waals surface area (Å²) in [5.41, 5.74) is 3.37. The fraction of sp³-hybridized carbons (Fsp3) is 0.316. The summed E-state index contributed by atoms with van der Waals surface area (Å²) in [6.45, 7) is 3.68. The van der Waals surface area contributed by atoms with Gasteiger partial charge in [-0.05, 0) is 18.6 Å². The zero-order valence-corrected chi connectivity index (χ0v) is 14.1. The molecule has 6 nitrogen and oxygen atoms in total. The van der Waals surface area contributed by atoms with Gasteiger partial charge in [0.1, 0.15) is 0 Å². The van der Waals surface area contributed by atoms with E-state index in [4.69, 9.17) is 4.74 Å². The second-order valence-corrected chi connectivity index (χ2v) is 6.38. The Morgan fingerprint density at radius 1 is 1.36 bits per heavy atom. The van der Waals surface area contributed by atoms with E-state index in [0.717, 1.165) is 17.5 Å². The summed E-state index contributed by atoms with van der Waals surface area (Å²) in [6, 6.07) is 12.1. The molecule has 1 aliphatic rings. The third-order valence-electron chi connectivity index (χ3n) is 4.58. The standard InChI is InChI=1S/C19H20N4O2/c1-13-17-10-15(11-20-18(17)22-21-13)19(24)23-7-8-25-16(12-23)9-14-5-3-2-4-6-14/h2-6,10-11,16H,7-9,12H2,1H3,(H,20,21,22). The zero-order valence-electron chi connectivity index (χ0n) is 14.1. The zero-order chi connectivity index (χ0) is 17.2. The van der Waals surface area contributed by atoms with Gasteiger partial charge in [-0.25, -0.2) is 4.98 Å². The topological polar surface area (TPSA) is 71.1 Å². The van der Waals surface area contributed by atoms with E-state index in [1.807, 2.05) is 36.1 Å². The van der Waals surface area contributed by atoms with Gasteiger partial charge in [-0.2, -0.15) is 5.10 Å². The first-order chi connectivity index (χ1) is 12.2. The smallest absolute Gasteiger partial charge is 0.255 e. The molecule has 0 saturated carbocycles. The summed E-state index contributed by atoms with van der Waals surface area (Å²) < 4.78 is 5.85. The number of benzene rings is 1. The molecule has 128 valence electrons. The predicted molar refractivity (Wildman–Crippen MR) is 94.4 cm³/mol. The molecule has 2 aromatic heterocycles. The number of aromatic nitrogens is 3. The quantitative estimate of drug-likeness (QED) is 0.797. The molecule has 1 amide bonds. The van der Waals surface area contributed by atoms with Gasteiger partial charge in [-0.1, -0.05) is 30.3 Å². The number of pyridine rings is 1. The van der Waals surface area contributed by atoms with Crippen LogP contribution in [0.4, 0.5) is 0 Å². The molecule has 0 radical (unpaired) electrons. The predicted octanol–water partition coefficient (Wildman–Crippen LogP) is 2.35. The van der Waals surface area contributed by atoms with E-state index in [1.165, 1.54) is 5.56 Å². The van der Waals surface area contributed by atoms with Gasteiger partial charge in [0.05, 0.1) is 18.3 Å². The lowest BCUT2D eigenvalue weighted by Gasteiger charge is -2.33. The highest BCUT2D eigenvalue weighted by molar-refractivity contribution is 5.97. The summed E-state index contributed by atoms with van der Waals surface area (Å²) in [5, 5.41) is 7.90. The fourth-order valence-corrected chi connectivity index (χ4v) is 3.22. The van der Waals surface area contributed by atoms with E-state index in [-0.39, 0.29) is 12.0 Å². The Hall–Kier alpha value is -2.73. The molecule has 1 fully saturated rings. The molecule has 0 bridgehead atoms. The van der Waals surface area contributed by atoms with Crippen molar-refractivity contribution in [3.8, 4) is 0 Å². The second-order valence-electron chi connectivity index (χ2n) is 6.38. The van der Waals surface area contributed by atoms with Crippen LogP contribution in [-0.2, 0) is 11.2 Å². The summed E-state index contributed by atoms with van der Waals surface area (Å²) in [5.74, 6) is -0.00337. The van der Waals surface area contributed by atoms with Crippen molar-refractivity contribution in [2.75, 3.05) is 19.7 Å². The minimum atomic E-state index is -0.00337. The van der Waals surface area contributed by atoms with Crippen molar-refractivity contribution in [1.29, 1.82) is 0 Å². The monoisotopic (exact) mass is 336 g/mol. The van der Waals surface area contributed by atoms with Crippen LogP contribution in [0.15, 0.2) is 42.6 Å². The lowest BCUT2D eigenvalue weighted by Crippen LogP contribution is -2.46. The Kier molecular flexibility index (Phi) is 4.19. The Bertz CT molecular complexity index is 891. The second kappa shape index (κ2) is 6.64. The first-order valence-electron chi connectivity index (χ1n) is 8.46. The van der Waals surface area contributed by atoms with Crippen LogP contribution in [0.3, 0.4) is 0 Å². The summed E-state index contributed by atoms with van der Waals surface area (Å²) in [4.78, 5) is 19.0. The Balaban J connectivity index is 1.49. The lowest BCUT2D eigenvalue weighted by atomic mass is 10.1. The van der Waals surface area contributed by atoms with E-state index in [2.05, 4.69) is 27.3 Å². The van der Waals surface area contributed by atoms with Crippen molar-refractivity contribution >= 4 is 16.9 Å². The molecule has 1 saturated heterocycles. The number of aromatic amines is 1. The van der Waals surface area contributed by atoms with Gasteiger partial charge >= 0.3 is 0 Å². The largest absolute Gasteiger partial charge is 0.374 e. The van der Waals surface area contributed by atoms with Crippen molar-refractivity contribution in [2.24, 2.45) is 0 Å². The van der Waals surface area contributed by atoms with Crippen molar-refractivity contribution in [3.63, 3.8) is 0 Å². The number of nitrogens with one attached hydrogen (secondary N) is 1. The average Bonchev–Trinajstić information content (AvgIpc) is 3.03. The number of H-pyrrole nitrogens is 1. The highest BCUT2D eigenvalue weighted by atomic mass is 16.5. The van der Waals surface area contributed by atoms with Crippen molar-refractivity contribution in [2.45, 2.75) is 19.4 Å². The Labute approximate surface area is 145 Å². The maximum atomic E-state index is 12.9. The van der Waals surface area contributed by atoms with Gasteiger partial charge in [0.2, 0.25) is 0 Å². The number of ether oxygens (including phenoxy) is 1. The van der Waals surface area contributed by atoms with Crippen LogP contribution >= 0.6 is 0 Å². The van der Waals surface area contributed by atoms with Gasteiger partial charge in [0.15, 0.2) is 5.65 Å². The first kappa shape index (κ1) is 15.8. The minimum absolute atomic E-state index is 0.00337. The number of hydrogen-bond donors (Lipinski definition) is 1. The van der Waals surface area contributed by atoms with Crippen molar-refractivity contribution in [1.82, 2.24) is 20.1 Å². The van der Waals surface area contributed by atoms with Crippen molar-refractivity contribution in [3.05, 3.63) is 59.4 Å². The minimum Gasteiger partial charge on any atom is -0.374 e. The van der Waals surface area contributed by atoms with Crippen molar-refractivity contribution < 1.29 is 9.53 Å². The molecular formula is C19H20N4O2. The lowest BCUT2D eigenvalue weighted by molar-refractivity contribution is -0.0208. The van der Waals surface area contributed by atoms with Crippen LogP contribution in [-0.4, -0.2) is 51.8 Å². The molecular weight excluding hydrogens is 316 g/mol. The summed E-state index contributed by atoms with van der Waals surface area (Å²) in [7, 11) is 0. The maximum absolute atomic E-state index is 12.9. The molecule has 0 aliphatic carbocycles. The van der Waals surface area contributed by atoms with Crippen LogP contribution in [0.5, 0.6) is 0 Å². The molecule has 1 aromatic carbocycles. The molecule has 6 heteroatoms. The number of carbonyl (C=O) groups is 1. The number of hydrogen-bond acceptors (Lipinski definition) is 4. The number of nitrogens with zero attached hydrogens (tertiary/aromatic N) is 3. The molecule has 1 unspecified atom stereocenters. The van der Waals surface area contributed by atoms with Gasteiger partial charge in [0.25, 0.3) is 5.91 Å². The molecule has 4 rings (SSSR count). The van der Waals surface area contributed by atoms with E-state index < -0.39 is 0 Å². The fourth-order valence-electron chi connectivity index (χ4n) is 3.22. The van der Waals surface area contributed by atoms with Gasteiger partial charge < -0.3 is 9.64 Å². The van der Waals surface area contributed by atoms with E-state index in [0.29, 0.717) is 30.9 Å². The number of amides is 1. The number of morpholine rings is 1. The van der Waals surface area contributed by atoms with E-state index in [1.54, 1.807) is 6.20 Å². The number of rotatable bonds is 3. The molecule has 3 aromatic rings. The van der Waals surface area contributed by atoms with Crippen LogP contribution in [0.2, 0.25) is 0 Å². The van der Waals surface area contributed by atoms with Gasteiger partial charge in [-0.3, -0.25) is 9.89 Å². The van der Waals surface area contributed by atoms with Gasteiger partial charge in [0, 0.05) is 36.8 Å². The maximum Gasteiger partial charge on any atom is 0.255 e. The van der Waals surface area contributed by atoms with Crippen LogP contribution < -0.4 is 0 Å². The molecule has 0 spiro atoms. The van der Waals surface area contributed by atoms with E-state index >= 15 is 0 Å². The SMILES string of the molecule is Cc1[nH]nc2ncc(C(=O)N3CCOC(Cc4ccccc4)C3)cc12. The molecule has 1 N–H and O–H groups in total. The van der Waals surface area contributed by atoms with E-state index in [9.17, 15) is 4.79 Å². The Morgan fingerprint density at radius 2 is 2.20 bits per heavy atom. The summed E-state index contributed by atoms with van der Waals surface area (Å²) >= 11 is 0. The highest BCUT2D eigenvalue weighted by Crippen LogP contribution is 2.18. The third kappa shape index (κ3) is 3.25. The first-order valence-corrected chi connectivity index (χ1v) is 8.46. The number of carbonyl (C=O) groups excluding carboxylic acids is 1. The Morgan fingerprint density at radius 3 is 3.04 bits per heavy atom. The number of aryl methyl sites for hydroxylation is 1. The van der Waals surface area contributed by atoms with Crippen LogP contribution in [0.1, 0.15) is 21.6 Å². The highest BCUT2D eigenvalue weighted by Gasteiger charge is 2.25. The molecule has 3 heterocycles. The van der Waals surface area contributed by atoms with Gasteiger partial charge in [-0.15, -0.1) is 0 Å². The normalized spacial score (nSPS) is 17.8. The molecule has 25 heavy (non-hydrogen) atoms. The van der Waals surface area contributed by atoms with Crippen LogP contribution in [0.25, 0.3) is 11.0 Å². The molecule has 1 atom stereocenters. The number of fused-ring (bicyclic) bond motifs is 1. The summed E-state index contributed by atoms with van der Waals surface area (Å²) in [6.07, 6.45) is 2.43. The van der Waals surface area contributed by atoms with Crippen LogP contribution in [0, 0.1) is 6.92 Å². The molecule has 1 aliphatic heterocycles. The third-order valence-corrected chi connectivity index (χ3v) is 4.58.